The molecule has 0 fully saturated rings. The van der Waals surface area contributed by atoms with Gasteiger partial charge in [0, 0.05) is 18.0 Å². The summed E-state index contributed by atoms with van der Waals surface area (Å²) in [6.45, 7) is 1.86. The van der Waals surface area contributed by atoms with E-state index in [9.17, 15) is 9.59 Å². The van der Waals surface area contributed by atoms with Crippen molar-refractivity contribution in [2.24, 2.45) is 7.05 Å². The van der Waals surface area contributed by atoms with Crippen molar-refractivity contribution in [3.63, 3.8) is 0 Å². The van der Waals surface area contributed by atoms with Gasteiger partial charge in [-0.25, -0.2) is 0 Å². The average molecular weight is 379 g/mol. The molecule has 2 N–H and O–H groups in total. The van der Waals surface area contributed by atoms with Gasteiger partial charge in [0.1, 0.15) is 11.3 Å². The molecular formula is C20H17N3O3S. The highest BCUT2D eigenvalue weighted by atomic mass is 32.1. The number of furan rings is 1. The molecule has 1 atom stereocenters. The SMILES string of the molecule is C[C@H](NC(=O)c1ccc2c(=O)n(C)c(=S)[nH]c2c1)c1cc2ccccc2o1. The smallest absolute Gasteiger partial charge is 0.261 e. The predicted molar refractivity (Wildman–Crippen MR) is 106 cm³/mol. The molecular weight excluding hydrogens is 362 g/mol. The molecule has 0 radical (unpaired) electrons. The number of aromatic amines is 1. The van der Waals surface area contributed by atoms with Crippen LogP contribution in [0.1, 0.15) is 29.1 Å². The van der Waals surface area contributed by atoms with Gasteiger partial charge in [-0.05, 0) is 49.5 Å². The molecule has 4 rings (SSSR count). The summed E-state index contributed by atoms with van der Waals surface area (Å²) in [5.74, 6) is 0.420. The quantitative estimate of drug-likeness (QED) is 0.530. The van der Waals surface area contributed by atoms with E-state index < -0.39 is 0 Å². The molecule has 2 aromatic carbocycles. The summed E-state index contributed by atoms with van der Waals surface area (Å²) in [5.41, 5.74) is 1.55. The van der Waals surface area contributed by atoms with E-state index in [0.717, 1.165) is 11.0 Å². The van der Waals surface area contributed by atoms with Crippen LogP contribution in [0.4, 0.5) is 0 Å². The van der Waals surface area contributed by atoms with Gasteiger partial charge in [-0.15, -0.1) is 0 Å². The number of carbonyl (C=O) groups excluding carboxylic acids is 1. The number of fused-ring (bicyclic) bond motifs is 2. The van der Waals surface area contributed by atoms with Crippen LogP contribution in [0.15, 0.2) is 57.7 Å². The van der Waals surface area contributed by atoms with Crippen LogP contribution in [-0.2, 0) is 7.05 Å². The number of hydrogen-bond donors (Lipinski definition) is 2. The van der Waals surface area contributed by atoms with E-state index in [1.54, 1.807) is 25.2 Å². The van der Waals surface area contributed by atoms with Crippen molar-refractivity contribution in [3.8, 4) is 0 Å². The number of aromatic nitrogens is 2. The maximum Gasteiger partial charge on any atom is 0.261 e. The minimum atomic E-state index is -0.303. The fourth-order valence-electron chi connectivity index (χ4n) is 3.01. The number of hydrogen-bond acceptors (Lipinski definition) is 4. The molecule has 2 heterocycles. The number of nitrogens with zero attached hydrogens (tertiary/aromatic N) is 1. The number of amides is 1. The van der Waals surface area contributed by atoms with Gasteiger partial charge in [0.2, 0.25) is 0 Å². The van der Waals surface area contributed by atoms with Gasteiger partial charge in [0.15, 0.2) is 4.77 Å². The minimum absolute atomic E-state index is 0.198. The van der Waals surface area contributed by atoms with E-state index in [2.05, 4.69) is 10.3 Å². The molecule has 136 valence electrons. The Labute approximate surface area is 159 Å². The molecule has 0 saturated carbocycles. The Morgan fingerprint density at radius 2 is 2.00 bits per heavy atom. The van der Waals surface area contributed by atoms with Crippen molar-refractivity contribution < 1.29 is 9.21 Å². The summed E-state index contributed by atoms with van der Waals surface area (Å²) in [7, 11) is 1.61. The van der Waals surface area contributed by atoms with Crippen LogP contribution in [0.25, 0.3) is 21.9 Å². The van der Waals surface area contributed by atoms with Gasteiger partial charge < -0.3 is 14.7 Å². The Morgan fingerprint density at radius 3 is 2.78 bits per heavy atom. The van der Waals surface area contributed by atoms with Gasteiger partial charge in [0.25, 0.3) is 11.5 Å². The normalized spacial score (nSPS) is 12.4. The molecule has 0 unspecified atom stereocenters. The monoisotopic (exact) mass is 379 g/mol. The van der Waals surface area contributed by atoms with Crippen molar-refractivity contribution >= 4 is 40.0 Å². The van der Waals surface area contributed by atoms with Crippen LogP contribution >= 0.6 is 12.2 Å². The van der Waals surface area contributed by atoms with Crippen molar-refractivity contribution in [1.82, 2.24) is 14.9 Å². The summed E-state index contributed by atoms with van der Waals surface area (Å²) in [6.07, 6.45) is 0. The lowest BCUT2D eigenvalue weighted by molar-refractivity contribution is 0.0936. The van der Waals surface area contributed by atoms with E-state index in [4.69, 9.17) is 16.6 Å². The zero-order valence-corrected chi connectivity index (χ0v) is 15.6. The van der Waals surface area contributed by atoms with Crippen LogP contribution in [0, 0.1) is 4.77 Å². The Hall–Kier alpha value is -3.19. The maximum atomic E-state index is 12.6. The summed E-state index contributed by atoms with van der Waals surface area (Å²) in [6, 6.07) is 14.2. The molecule has 0 saturated heterocycles. The molecule has 0 bridgehead atoms. The van der Waals surface area contributed by atoms with Gasteiger partial charge in [-0.1, -0.05) is 18.2 Å². The Morgan fingerprint density at radius 1 is 1.22 bits per heavy atom. The highest BCUT2D eigenvalue weighted by molar-refractivity contribution is 7.71. The van der Waals surface area contributed by atoms with Crippen molar-refractivity contribution in [3.05, 3.63) is 75.0 Å². The standard InChI is InChI=1S/C20H17N3O3S/c1-11(17-10-12-5-3-4-6-16(12)26-17)21-18(24)13-7-8-14-15(9-13)22-20(27)23(2)19(14)25/h3-11H,1-2H3,(H,21,24)(H,22,27)/t11-/m0/s1. The summed E-state index contributed by atoms with van der Waals surface area (Å²) in [5, 5.41) is 4.39. The predicted octanol–water partition coefficient (Wildman–Crippen LogP) is 3.83. The molecule has 6 nitrogen and oxygen atoms in total. The second-order valence-electron chi connectivity index (χ2n) is 6.44. The Balaban J connectivity index is 1.63. The van der Waals surface area contributed by atoms with E-state index in [-0.39, 0.29) is 17.5 Å². The first-order valence-electron chi connectivity index (χ1n) is 8.46. The van der Waals surface area contributed by atoms with Crippen LogP contribution in [-0.4, -0.2) is 15.5 Å². The lowest BCUT2D eigenvalue weighted by Crippen LogP contribution is -2.26. The molecule has 4 aromatic rings. The maximum absolute atomic E-state index is 12.6. The Kier molecular flexibility index (Phi) is 4.16. The third-order valence-electron chi connectivity index (χ3n) is 4.58. The van der Waals surface area contributed by atoms with E-state index in [1.807, 2.05) is 37.3 Å². The lowest BCUT2D eigenvalue weighted by atomic mass is 10.1. The summed E-state index contributed by atoms with van der Waals surface area (Å²) < 4.78 is 7.47. The first-order valence-corrected chi connectivity index (χ1v) is 8.87. The molecule has 0 spiro atoms. The molecule has 27 heavy (non-hydrogen) atoms. The van der Waals surface area contributed by atoms with Crippen molar-refractivity contribution in [2.75, 3.05) is 0 Å². The number of benzene rings is 2. The molecule has 0 aliphatic heterocycles. The highest BCUT2D eigenvalue weighted by Gasteiger charge is 2.16. The lowest BCUT2D eigenvalue weighted by Gasteiger charge is -2.12. The number of H-pyrrole nitrogens is 1. The second-order valence-corrected chi connectivity index (χ2v) is 6.82. The topological polar surface area (TPSA) is 80.0 Å². The van der Waals surface area contributed by atoms with Crippen LogP contribution in [0.2, 0.25) is 0 Å². The van der Waals surface area contributed by atoms with Gasteiger partial charge in [-0.2, -0.15) is 0 Å². The fraction of sp³-hybridized carbons (Fsp3) is 0.150. The third kappa shape index (κ3) is 3.06. The molecule has 1 amide bonds. The fourth-order valence-corrected chi connectivity index (χ4v) is 3.21. The Bertz CT molecular complexity index is 1270. The van der Waals surface area contributed by atoms with E-state index in [1.165, 1.54) is 4.57 Å². The molecule has 0 aliphatic rings. The van der Waals surface area contributed by atoms with E-state index in [0.29, 0.717) is 27.0 Å². The largest absolute Gasteiger partial charge is 0.459 e. The van der Waals surface area contributed by atoms with Crippen molar-refractivity contribution in [2.45, 2.75) is 13.0 Å². The highest BCUT2D eigenvalue weighted by Crippen LogP contribution is 2.24. The first kappa shape index (κ1) is 17.2. The summed E-state index contributed by atoms with van der Waals surface area (Å²) in [4.78, 5) is 27.9. The number of carbonyl (C=O) groups is 1. The molecule has 0 aliphatic carbocycles. The van der Waals surface area contributed by atoms with Gasteiger partial charge in [-0.3, -0.25) is 14.2 Å². The van der Waals surface area contributed by atoms with Gasteiger partial charge >= 0.3 is 0 Å². The van der Waals surface area contributed by atoms with Gasteiger partial charge in [0.05, 0.1) is 16.9 Å². The second kappa shape index (κ2) is 6.51. The summed E-state index contributed by atoms with van der Waals surface area (Å²) >= 11 is 5.14. The zero-order chi connectivity index (χ0) is 19.1. The number of rotatable bonds is 3. The zero-order valence-electron chi connectivity index (χ0n) is 14.8. The third-order valence-corrected chi connectivity index (χ3v) is 4.96. The van der Waals surface area contributed by atoms with Crippen LogP contribution < -0.4 is 10.9 Å². The van der Waals surface area contributed by atoms with E-state index >= 15 is 0 Å². The van der Waals surface area contributed by atoms with Crippen molar-refractivity contribution in [1.29, 1.82) is 0 Å². The number of nitrogens with one attached hydrogen (secondary N) is 2. The average Bonchev–Trinajstić information content (AvgIpc) is 3.10. The molecule has 2 aromatic heterocycles. The molecule has 7 heteroatoms. The number of para-hydroxylation sites is 1. The first-order chi connectivity index (χ1) is 12.9. The van der Waals surface area contributed by atoms with Crippen LogP contribution in [0.3, 0.4) is 0 Å². The van der Waals surface area contributed by atoms with Crippen LogP contribution in [0.5, 0.6) is 0 Å². The minimum Gasteiger partial charge on any atom is -0.459 e.